The summed E-state index contributed by atoms with van der Waals surface area (Å²) in [5, 5.41) is 11.1. The Morgan fingerprint density at radius 2 is 1.89 bits per heavy atom. The van der Waals surface area contributed by atoms with E-state index in [0.29, 0.717) is 15.7 Å². The van der Waals surface area contributed by atoms with E-state index in [0.717, 1.165) is 21.4 Å². The molecule has 3 aromatic rings. The van der Waals surface area contributed by atoms with Crippen molar-refractivity contribution in [3.63, 3.8) is 0 Å². The summed E-state index contributed by atoms with van der Waals surface area (Å²) in [6, 6.07) is 7.96. The highest BCUT2D eigenvalue weighted by Crippen LogP contribution is 2.28. The zero-order chi connectivity index (χ0) is 19.4. The third-order valence-corrected chi connectivity index (χ3v) is 7.58. The lowest BCUT2D eigenvalue weighted by Gasteiger charge is -2.04. The molecule has 1 aromatic carbocycles. The van der Waals surface area contributed by atoms with E-state index in [1.54, 1.807) is 25.1 Å². The molecule has 0 unspecified atom stereocenters. The van der Waals surface area contributed by atoms with E-state index < -0.39 is 15.9 Å². The highest BCUT2D eigenvalue weighted by atomic mass is 32.2. The SMILES string of the molecule is CCSc1nnc(NC(=O)c2sc(NS(=O)(=O)c3ccccc3)nc2C)s1. The predicted octanol–water partition coefficient (Wildman–Crippen LogP) is 3.47. The first-order chi connectivity index (χ1) is 12.9. The summed E-state index contributed by atoms with van der Waals surface area (Å²) in [5.74, 6) is 0.459. The van der Waals surface area contributed by atoms with Gasteiger partial charge in [0.25, 0.3) is 15.9 Å². The maximum Gasteiger partial charge on any atom is 0.269 e. The van der Waals surface area contributed by atoms with Gasteiger partial charge in [0.1, 0.15) is 4.88 Å². The van der Waals surface area contributed by atoms with Crippen molar-refractivity contribution in [2.75, 3.05) is 15.8 Å². The minimum Gasteiger partial charge on any atom is -0.296 e. The maximum atomic E-state index is 12.5. The average Bonchev–Trinajstić information content (AvgIpc) is 3.22. The standard InChI is InChI=1S/C15H15N5O3S4/c1-3-24-15-19-18-13(26-15)17-12(21)11-9(2)16-14(25-11)20-27(22,23)10-7-5-4-6-8-10/h4-8H,3H2,1-2H3,(H,16,20)(H,17,18,21). The molecule has 27 heavy (non-hydrogen) atoms. The molecule has 0 atom stereocenters. The number of rotatable bonds is 7. The second-order valence-corrected chi connectivity index (χ2v) is 10.3. The van der Waals surface area contributed by atoms with Crippen LogP contribution in [0, 0.1) is 6.92 Å². The molecule has 142 valence electrons. The molecule has 2 aromatic heterocycles. The number of amides is 1. The van der Waals surface area contributed by atoms with Crippen LogP contribution in [0.2, 0.25) is 0 Å². The maximum absolute atomic E-state index is 12.5. The molecule has 2 heterocycles. The molecule has 0 bridgehead atoms. The number of sulfonamides is 1. The average molecular weight is 442 g/mol. The number of nitrogens with zero attached hydrogens (tertiary/aromatic N) is 3. The third-order valence-electron chi connectivity index (χ3n) is 3.17. The van der Waals surface area contributed by atoms with Gasteiger partial charge in [-0.25, -0.2) is 13.4 Å². The number of carbonyl (C=O) groups excluding carboxylic acids is 1. The predicted molar refractivity (Wildman–Crippen MR) is 108 cm³/mol. The van der Waals surface area contributed by atoms with E-state index in [4.69, 9.17) is 0 Å². The molecule has 3 rings (SSSR count). The van der Waals surface area contributed by atoms with Crippen LogP contribution in [0.15, 0.2) is 39.6 Å². The van der Waals surface area contributed by atoms with Gasteiger partial charge in [0.05, 0.1) is 10.6 Å². The van der Waals surface area contributed by atoms with Gasteiger partial charge >= 0.3 is 0 Å². The number of aryl methyl sites for hydroxylation is 1. The molecule has 0 saturated carbocycles. The molecule has 1 amide bonds. The lowest BCUT2D eigenvalue weighted by Crippen LogP contribution is -2.12. The van der Waals surface area contributed by atoms with Crippen molar-refractivity contribution < 1.29 is 13.2 Å². The zero-order valence-corrected chi connectivity index (χ0v) is 17.6. The number of hydrogen-bond donors (Lipinski definition) is 2. The monoisotopic (exact) mass is 441 g/mol. The summed E-state index contributed by atoms with van der Waals surface area (Å²) >= 11 is 3.78. The van der Waals surface area contributed by atoms with Gasteiger partial charge in [-0.3, -0.25) is 14.8 Å². The first kappa shape index (κ1) is 19.7. The molecule has 8 nitrogen and oxygen atoms in total. The van der Waals surface area contributed by atoms with Crippen molar-refractivity contribution in [3.05, 3.63) is 40.9 Å². The van der Waals surface area contributed by atoms with Crippen LogP contribution in [0.5, 0.6) is 0 Å². The Balaban J connectivity index is 1.74. The first-order valence-electron chi connectivity index (χ1n) is 7.72. The second-order valence-electron chi connectivity index (χ2n) is 5.11. The Morgan fingerprint density at radius 1 is 1.15 bits per heavy atom. The van der Waals surface area contributed by atoms with E-state index >= 15 is 0 Å². The Morgan fingerprint density at radius 3 is 2.59 bits per heavy atom. The van der Waals surface area contributed by atoms with Crippen molar-refractivity contribution in [1.82, 2.24) is 15.2 Å². The minimum absolute atomic E-state index is 0.124. The summed E-state index contributed by atoms with van der Waals surface area (Å²) in [6.45, 7) is 3.65. The third kappa shape index (κ3) is 4.83. The van der Waals surface area contributed by atoms with Gasteiger partial charge in [-0.2, -0.15) is 0 Å². The number of thioether (sulfide) groups is 1. The topological polar surface area (TPSA) is 114 Å². The fourth-order valence-electron chi connectivity index (χ4n) is 2.02. The lowest BCUT2D eigenvalue weighted by atomic mass is 10.4. The smallest absolute Gasteiger partial charge is 0.269 e. The molecular weight excluding hydrogens is 426 g/mol. The van der Waals surface area contributed by atoms with Crippen LogP contribution in [0.1, 0.15) is 22.3 Å². The van der Waals surface area contributed by atoms with E-state index in [2.05, 4.69) is 25.2 Å². The van der Waals surface area contributed by atoms with E-state index in [-0.39, 0.29) is 10.0 Å². The number of nitrogens with one attached hydrogen (secondary N) is 2. The molecule has 0 aliphatic rings. The Kier molecular flexibility index (Phi) is 6.09. The summed E-state index contributed by atoms with van der Waals surface area (Å²) in [5.41, 5.74) is 0.427. The van der Waals surface area contributed by atoms with Crippen molar-refractivity contribution in [2.24, 2.45) is 0 Å². The van der Waals surface area contributed by atoms with Crippen LogP contribution in [0.4, 0.5) is 10.3 Å². The van der Waals surface area contributed by atoms with Crippen molar-refractivity contribution in [1.29, 1.82) is 0 Å². The van der Waals surface area contributed by atoms with Gasteiger partial charge in [0, 0.05) is 0 Å². The molecule has 0 fully saturated rings. The number of aromatic nitrogens is 3. The molecule has 12 heteroatoms. The van der Waals surface area contributed by atoms with E-state index in [1.165, 1.54) is 35.2 Å². The quantitative estimate of drug-likeness (QED) is 0.426. The summed E-state index contributed by atoms with van der Waals surface area (Å²) in [7, 11) is -3.76. The number of anilines is 2. The molecule has 0 radical (unpaired) electrons. The highest BCUT2D eigenvalue weighted by Gasteiger charge is 2.21. The Labute approximate surface area is 168 Å². The zero-order valence-electron chi connectivity index (χ0n) is 14.3. The number of benzene rings is 1. The van der Waals surface area contributed by atoms with Gasteiger partial charge in [0.2, 0.25) is 5.13 Å². The number of thiazole rings is 1. The van der Waals surface area contributed by atoms with Crippen LogP contribution < -0.4 is 10.0 Å². The fourth-order valence-corrected chi connectivity index (χ4v) is 5.78. The van der Waals surface area contributed by atoms with Gasteiger partial charge in [-0.15, -0.1) is 10.2 Å². The molecule has 0 aliphatic heterocycles. The lowest BCUT2D eigenvalue weighted by molar-refractivity contribution is 0.102. The molecule has 0 saturated heterocycles. The summed E-state index contributed by atoms with van der Waals surface area (Å²) in [6.07, 6.45) is 0. The Bertz CT molecular complexity index is 1050. The van der Waals surface area contributed by atoms with E-state index in [9.17, 15) is 13.2 Å². The van der Waals surface area contributed by atoms with Crippen LogP contribution in [0.3, 0.4) is 0 Å². The minimum atomic E-state index is -3.76. The normalized spacial score (nSPS) is 11.3. The highest BCUT2D eigenvalue weighted by molar-refractivity contribution is 8.01. The Hall–Kier alpha value is -2.02. The van der Waals surface area contributed by atoms with Crippen LogP contribution in [-0.4, -0.2) is 35.3 Å². The largest absolute Gasteiger partial charge is 0.296 e. The van der Waals surface area contributed by atoms with Crippen molar-refractivity contribution in [2.45, 2.75) is 23.1 Å². The van der Waals surface area contributed by atoms with Crippen molar-refractivity contribution in [3.8, 4) is 0 Å². The van der Waals surface area contributed by atoms with Gasteiger partial charge in [0.15, 0.2) is 9.47 Å². The van der Waals surface area contributed by atoms with Crippen LogP contribution >= 0.6 is 34.4 Å². The van der Waals surface area contributed by atoms with Gasteiger partial charge < -0.3 is 0 Å². The molecule has 0 aliphatic carbocycles. The first-order valence-corrected chi connectivity index (χ1v) is 11.8. The fraction of sp³-hybridized carbons (Fsp3) is 0.200. The number of hydrogen-bond acceptors (Lipinski definition) is 9. The van der Waals surface area contributed by atoms with Gasteiger partial charge in [-0.05, 0) is 24.8 Å². The van der Waals surface area contributed by atoms with E-state index in [1.807, 2.05) is 6.92 Å². The molecular formula is C15H15N5O3S4. The number of carbonyl (C=O) groups is 1. The van der Waals surface area contributed by atoms with Gasteiger partial charge in [-0.1, -0.05) is 59.6 Å². The molecule has 2 N–H and O–H groups in total. The second kappa shape index (κ2) is 8.33. The van der Waals surface area contributed by atoms with Crippen molar-refractivity contribution >= 4 is 60.6 Å². The summed E-state index contributed by atoms with van der Waals surface area (Å²) < 4.78 is 27.9. The van der Waals surface area contributed by atoms with Crippen LogP contribution in [0.25, 0.3) is 0 Å². The summed E-state index contributed by atoms with van der Waals surface area (Å²) in [4.78, 5) is 17.0. The van der Waals surface area contributed by atoms with Crippen LogP contribution in [-0.2, 0) is 10.0 Å². The molecule has 0 spiro atoms.